The maximum absolute atomic E-state index is 12.8. The summed E-state index contributed by atoms with van der Waals surface area (Å²) in [7, 11) is 0. The van der Waals surface area contributed by atoms with Crippen molar-refractivity contribution >= 4 is 34.4 Å². The molecule has 1 aromatic carbocycles. The number of pyridine rings is 1. The van der Waals surface area contributed by atoms with Crippen molar-refractivity contribution in [3.05, 3.63) is 36.5 Å². The number of carbonyl (C=O) groups is 2. The van der Waals surface area contributed by atoms with E-state index in [2.05, 4.69) is 20.6 Å². The summed E-state index contributed by atoms with van der Waals surface area (Å²) in [6.45, 7) is 0. The lowest BCUT2D eigenvalue weighted by Crippen LogP contribution is -2.37. The van der Waals surface area contributed by atoms with Gasteiger partial charge in [0.2, 0.25) is 11.8 Å². The number of nitrogens with one attached hydrogen (secondary N) is 3. The predicted molar refractivity (Wildman–Crippen MR) is 141 cm³/mol. The smallest absolute Gasteiger partial charge is 0.228 e. The fourth-order valence-electron chi connectivity index (χ4n) is 6.31. The molecule has 3 N–H and O–H groups in total. The Labute approximate surface area is 211 Å². The Hall–Kier alpha value is -3.22. The van der Waals surface area contributed by atoms with E-state index >= 15 is 0 Å². The molecule has 3 aliphatic rings. The van der Waals surface area contributed by atoms with Crippen LogP contribution in [-0.2, 0) is 9.59 Å². The average Bonchev–Trinajstić information content (AvgIpc) is 3.09. The molecular formula is C29H35N5O2. The first-order valence-corrected chi connectivity index (χ1v) is 13.7. The predicted octanol–water partition coefficient (Wildman–Crippen LogP) is 6.30. The zero-order valence-corrected chi connectivity index (χ0v) is 20.8. The van der Waals surface area contributed by atoms with Crippen LogP contribution in [0.5, 0.6) is 0 Å². The molecule has 0 radical (unpaired) electrons. The van der Waals surface area contributed by atoms with Crippen LogP contribution in [0.2, 0.25) is 0 Å². The first-order chi connectivity index (χ1) is 17.6. The van der Waals surface area contributed by atoms with E-state index in [1.807, 2.05) is 30.3 Å². The van der Waals surface area contributed by atoms with E-state index in [-0.39, 0.29) is 23.7 Å². The maximum atomic E-state index is 12.8. The van der Waals surface area contributed by atoms with Crippen LogP contribution in [0.4, 0.5) is 11.5 Å². The molecule has 3 fully saturated rings. The van der Waals surface area contributed by atoms with Gasteiger partial charge >= 0.3 is 0 Å². The van der Waals surface area contributed by atoms with Crippen molar-refractivity contribution in [1.82, 2.24) is 15.0 Å². The first kappa shape index (κ1) is 23.2. The van der Waals surface area contributed by atoms with Crippen LogP contribution in [0.1, 0.15) is 70.6 Å². The highest BCUT2D eigenvalue weighted by Gasteiger charge is 2.38. The van der Waals surface area contributed by atoms with Crippen LogP contribution in [0.3, 0.4) is 0 Å². The number of imidazole rings is 1. The van der Waals surface area contributed by atoms with Crippen molar-refractivity contribution in [2.24, 2.45) is 23.7 Å². The van der Waals surface area contributed by atoms with Crippen molar-refractivity contribution in [3.8, 4) is 11.4 Å². The molecule has 7 heteroatoms. The highest BCUT2D eigenvalue weighted by Crippen LogP contribution is 2.47. The number of benzene rings is 1. The molecule has 0 bridgehead atoms. The fraction of sp³-hybridized carbons (Fsp3) is 0.517. The van der Waals surface area contributed by atoms with E-state index in [4.69, 9.17) is 4.98 Å². The van der Waals surface area contributed by atoms with E-state index in [0.717, 1.165) is 78.5 Å². The number of H-pyrrole nitrogens is 1. The highest BCUT2D eigenvalue weighted by atomic mass is 16.2. The number of amides is 2. The van der Waals surface area contributed by atoms with Gasteiger partial charge in [0, 0.05) is 29.2 Å². The van der Waals surface area contributed by atoms with E-state index in [9.17, 15) is 9.59 Å². The molecule has 2 aromatic heterocycles. The van der Waals surface area contributed by atoms with Gasteiger partial charge in [-0.25, -0.2) is 9.97 Å². The van der Waals surface area contributed by atoms with E-state index < -0.39 is 0 Å². The molecular weight excluding hydrogens is 450 g/mol. The Balaban J connectivity index is 1.10. The van der Waals surface area contributed by atoms with Crippen molar-refractivity contribution < 1.29 is 9.59 Å². The second-order valence-corrected chi connectivity index (χ2v) is 11.0. The normalized spacial score (nSPS) is 24.4. The van der Waals surface area contributed by atoms with Gasteiger partial charge in [0.05, 0.1) is 17.2 Å². The topological polar surface area (TPSA) is 99.8 Å². The summed E-state index contributed by atoms with van der Waals surface area (Å²) >= 11 is 0. The SMILES string of the molecule is O=C(Nc1ccc(-c2nc3cc(NC(=O)C4CCCCCC4)ncc3[nH]2)cc1)C1CCC2CCC2C1. The molecule has 3 aliphatic carbocycles. The molecule has 3 aromatic rings. The molecule has 188 valence electrons. The van der Waals surface area contributed by atoms with Gasteiger partial charge in [-0.05, 0) is 81.0 Å². The second kappa shape index (κ2) is 10.0. The number of hydrogen-bond acceptors (Lipinski definition) is 4. The standard InChI is InChI=1S/C29H35N5O2/c35-28(20-5-3-1-2-4-6-20)34-26-16-24-25(17-30-26)33-27(32-24)19-11-13-23(14-12-19)31-29(36)22-10-8-18-7-9-21(18)15-22/h11-14,16-18,20-22H,1-10,15H2,(H,31,36)(H,32,33)(H,30,34,35). The van der Waals surface area contributed by atoms with Gasteiger partial charge in [0.15, 0.2) is 0 Å². The van der Waals surface area contributed by atoms with E-state index in [1.54, 1.807) is 6.20 Å². The molecule has 0 spiro atoms. The quantitative estimate of drug-likeness (QED) is 0.369. The van der Waals surface area contributed by atoms with Crippen LogP contribution in [0.25, 0.3) is 22.4 Å². The molecule has 6 rings (SSSR count). The van der Waals surface area contributed by atoms with Crippen molar-refractivity contribution in [2.75, 3.05) is 10.6 Å². The third-order valence-electron chi connectivity index (χ3n) is 8.69. The molecule has 7 nitrogen and oxygen atoms in total. The fourth-order valence-corrected chi connectivity index (χ4v) is 6.31. The third-order valence-corrected chi connectivity index (χ3v) is 8.69. The number of anilines is 2. The maximum Gasteiger partial charge on any atom is 0.228 e. The minimum Gasteiger partial charge on any atom is -0.337 e. The largest absolute Gasteiger partial charge is 0.337 e. The van der Waals surface area contributed by atoms with E-state index in [0.29, 0.717) is 5.82 Å². The number of nitrogens with zero attached hydrogens (tertiary/aromatic N) is 2. The number of aromatic nitrogens is 3. The van der Waals surface area contributed by atoms with Crippen molar-refractivity contribution in [3.63, 3.8) is 0 Å². The minimum absolute atomic E-state index is 0.0675. The van der Waals surface area contributed by atoms with Crippen molar-refractivity contribution in [1.29, 1.82) is 0 Å². The summed E-state index contributed by atoms with van der Waals surface area (Å²) < 4.78 is 0. The first-order valence-electron chi connectivity index (χ1n) is 13.7. The number of rotatable bonds is 5. The summed E-state index contributed by atoms with van der Waals surface area (Å²) in [5.74, 6) is 3.37. The average molecular weight is 486 g/mol. The minimum atomic E-state index is 0.0675. The molecule has 2 heterocycles. The Morgan fingerprint density at radius 3 is 2.25 bits per heavy atom. The van der Waals surface area contributed by atoms with Crippen molar-refractivity contribution in [2.45, 2.75) is 70.6 Å². The van der Waals surface area contributed by atoms with Gasteiger partial charge in [-0.3, -0.25) is 9.59 Å². The van der Waals surface area contributed by atoms with Crippen LogP contribution in [0, 0.1) is 23.7 Å². The van der Waals surface area contributed by atoms with Gasteiger partial charge in [0.25, 0.3) is 0 Å². The Kier molecular flexibility index (Phi) is 6.46. The summed E-state index contributed by atoms with van der Waals surface area (Å²) in [5, 5.41) is 6.11. The zero-order chi connectivity index (χ0) is 24.5. The summed E-state index contributed by atoms with van der Waals surface area (Å²) in [5.41, 5.74) is 3.34. The van der Waals surface area contributed by atoms with Gasteiger partial charge in [-0.15, -0.1) is 0 Å². The Morgan fingerprint density at radius 1 is 0.806 bits per heavy atom. The number of hydrogen-bond donors (Lipinski definition) is 3. The third kappa shape index (κ3) is 4.88. The monoisotopic (exact) mass is 485 g/mol. The molecule has 3 saturated carbocycles. The summed E-state index contributed by atoms with van der Waals surface area (Å²) in [4.78, 5) is 38.0. The molecule has 0 saturated heterocycles. The Morgan fingerprint density at radius 2 is 1.53 bits per heavy atom. The van der Waals surface area contributed by atoms with Crippen LogP contribution < -0.4 is 10.6 Å². The Bertz CT molecular complexity index is 1240. The lowest BCUT2D eigenvalue weighted by atomic mass is 9.62. The lowest BCUT2D eigenvalue weighted by Gasteiger charge is -2.43. The van der Waals surface area contributed by atoms with Gasteiger partial charge in [0.1, 0.15) is 11.6 Å². The lowest BCUT2D eigenvalue weighted by molar-refractivity contribution is -0.122. The molecule has 3 unspecified atom stereocenters. The molecule has 0 aliphatic heterocycles. The highest BCUT2D eigenvalue weighted by molar-refractivity contribution is 5.94. The molecule has 3 atom stereocenters. The van der Waals surface area contributed by atoms with Gasteiger partial charge in [-0.2, -0.15) is 0 Å². The molecule has 2 amide bonds. The molecule has 36 heavy (non-hydrogen) atoms. The number of aromatic amines is 1. The number of carbonyl (C=O) groups excluding carboxylic acids is 2. The van der Waals surface area contributed by atoms with Gasteiger partial charge in [-0.1, -0.05) is 25.7 Å². The van der Waals surface area contributed by atoms with Gasteiger partial charge < -0.3 is 15.6 Å². The van der Waals surface area contributed by atoms with Crippen LogP contribution in [-0.4, -0.2) is 26.8 Å². The van der Waals surface area contributed by atoms with Crippen LogP contribution in [0.15, 0.2) is 36.5 Å². The van der Waals surface area contributed by atoms with E-state index in [1.165, 1.54) is 32.1 Å². The zero-order valence-electron chi connectivity index (χ0n) is 20.8. The second-order valence-electron chi connectivity index (χ2n) is 11.0. The summed E-state index contributed by atoms with van der Waals surface area (Å²) in [6, 6.07) is 9.64. The van der Waals surface area contributed by atoms with Crippen LogP contribution >= 0.6 is 0 Å². The number of fused-ring (bicyclic) bond motifs is 2. The summed E-state index contributed by atoms with van der Waals surface area (Å²) in [6.07, 6.45) is 14.2.